The minimum absolute atomic E-state index is 0.191. The molecule has 0 aliphatic carbocycles. The van der Waals surface area contributed by atoms with E-state index in [1.54, 1.807) is 0 Å². The maximum absolute atomic E-state index is 12.4. The van der Waals surface area contributed by atoms with Gasteiger partial charge in [-0.1, -0.05) is 12.1 Å². The summed E-state index contributed by atoms with van der Waals surface area (Å²) in [6.45, 7) is 3.86. The minimum Gasteiger partial charge on any atom is -0.334 e. The van der Waals surface area contributed by atoms with Crippen molar-refractivity contribution in [2.75, 3.05) is 44.7 Å². The van der Waals surface area contributed by atoms with E-state index in [9.17, 15) is 4.79 Å². The average molecular weight is 309 g/mol. The van der Waals surface area contributed by atoms with Gasteiger partial charge in [0.2, 0.25) is 0 Å². The number of carbonyl (C=O) groups is 1. The number of hydrogen-bond acceptors (Lipinski definition) is 3. The zero-order valence-corrected chi connectivity index (χ0v) is 13.4. The third-order valence-corrected chi connectivity index (χ3v) is 7.06. The standard InChI is InChI=1S/C15H20N2OS2/c1-16-6-8-17(9-7-16)14(18)12-2-4-13(5-3-12)15-19-10-11-20-15/h2-5,15H,6-11H2,1H3/p+1. The second-order valence-electron chi connectivity index (χ2n) is 5.44. The number of quaternary nitrogens is 1. The molecule has 108 valence electrons. The first-order valence-electron chi connectivity index (χ1n) is 7.18. The fourth-order valence-corrected chi connectivity index (χ4v) is 5.47. The van der Waals surface area contributed by atoms with E-state index in [1.165, 1.54) is 22.0 Å². The Balaban J connectivity index is 1.66. The summed E-state index contributed by atoms with van der Waals surface area (Å²) < 4.78 is 0.561. The van der Waals surface area contributed by atoms with Crippen molar-refractivity contribution in [1.82, 2.24) is 4.90 Å². The molecular formula is C15H21N2OS2+. The summed E-state index contributed by atoms with van der Waals surface area (Å²) in [6, 6.07) is 8.26. The quantitative estimate of drug-likeness (QED) is 0.887. The molecule has 0 radical (unpaired) electrons. The Labute approximate surface area is 129 Å². The molecule has 1 amide bonds. The van der Waals surface area contributed by atoms with Gasteiger partial charge in [0.15, 0.2) is 0 Å². The molecule has 0 spiro atoms. The second-order valence-corrected chi connectivity index (χ2v) is 8.17. The van der Waals surface area contributed by atoms with Gasteiger partial charge in [-0.2, -0.15) is 0 Å². The average Bonchev–Trinajstić information content (AvgIpc) is 3.02. The van der Waals surface area contributed by atoms with Crippen LogP contribution in [0.4, 0.5) is 0 Å². The summed E-state index contributed by atoms with van der Waals surface area (Å²) in [7, 11) is 2.19. The van der Waals surface area contributed by atoms with Crippen LogP contribution in [0.15, 0.2) is 24.3 Å². The molecule has 2 saturated heterocycles. The van der Waals surface area contributed by atoms with Crippen molar-refractivity contribution < 1.29 is 9.69 Å². The summed E-state index contributed by atoms with van der Waals surface area (Å²) in [5, 5.41) is 0. The van der Waals surface area contributed by atoms with Gasteiger partial charge in [-0.25, -0.2) is 0 Å². The molecule has 0 bridgehead atoms. The third kappa shape index (κ3) is 3.15. The van der Waals surface area contributed by atoms with Crippen molar-refractivity contribution >= 4 is 29.4 Å². The third-order valence-electron chi connectivity index (χ3n) is 3.96. The summed E-state index contributed by atoms with van der Waals surface area (Å²) in [4.78, 5) is 15.9. The lowest BCUT2D eigenvalue weighted by Crippen LogP contribution is -3.12. The molecule has 3 nitrogen and oxygen atoms in total. The number of amides is 1. The number of nitrogens with zero attached hydrogens (tertiary/aromatic N) is 1. The van der Waals surface area contributed by atoms with Crippen LogP contribution in [0.5, 0.6) is 0 Å². The van der Waals surface area contributed by atoms with E-state index in [0.29, 0.717) is 4.58 Å². The van der Waals surface area contributed by atoms with Gasteiger partial charge in [0.1, 0.15) is 0 Å². The number of hydrogen-bond donors (Lipinski definition) is 1. The Kier molecular flexibility index (Phi) is 4.58. The molecule has 20 heavy (non-hydrogen) atoms. The van der Waals surface area contributed by atoms with Crippen molar-refractivity contribution in [2.24, 2.45) is 0 Å². The van der Waals surface area contributed by atoms with Crippen LogP contribution < -0.4 is 4.90 Å². The molecule has 1 aromatic carbocycles. The van der Waals surface area contributed by atoms with E-state index in [4.69, 9.17) is 0 Å². The molecule has 2 aliphatic rings. The van der Waals surface area contributed by atoms with Gasteiger partial charge >= 0.3 is 0 Å². The lowest BCUT2D eigenvalue weighted by atomic mass is 10.1. The molecule has 1 N–H and O–H groups in total. The fraction of sp³-hybridized carbons (Fsp3) is 0.533. The van der Waals surface area contributed by atoms with Crippen LogP contribution in [0.2, 0.25) is 0 Å². The second kappa shape index (κ2) is 6.41. The van der Waals surface area contributed by atoms with Gasteiger partial charge in [-0.3, -0.25) is 4.79 Å². The van der Waals surface area contributed by atoms with Crippen LogP contribution in [0, 0.1) is 0 Å². The monoisotopic (exact) mass is 309 g/mol. The lowest BCUT2D eigenvalue weighted by molar-refractivity contribution is -0.883. The van der Waals surface area contributed by atoms with Crippen molar-refractivity contribution in [1.29, 1.82) is 0 Å². The van der Waals surface area contributed by atoms with Gasteiger partial charge in [-0.05, 0) is 17.7 Å². The van der Waals surface area contributed by atoms with Gasteiger partial charge in [-0.15, -0.1) is 23.5 Å². The lowest BCUT2D eigenvalue weighted by Gasteiger charge is -2.30. The maximum atomic E-state index is 12.4. The highest BCUT2D eigenvalue weighted by Crippen LogP contribution is 2.45. The predicted molar refractivity (Wildman–Crippen MR) is 86.6 cm³/mol. The summed E-state index contributed by atoms with van der Waals surface area (Å²) >= 11 is 4.01. The molecule has 0 unspecified atom stereocenters. The first-order chi connectivity index (χ1) is 9.74. The largest absolute Gasteiger partial charge is 0.334 e. The molecule has 3 rings (SSSR count). The molecule has 0 aromatic heterocycles. The van der Waals surface area contributed by atoms with Crippen molar-refractivity contribution in [3.05, 3.63) is 35.4 Å². The van der Waals surface area contributed by atoms with E-state index < -0.39 is 0 Å². The Morgan fingerprint density at radius 1 is 1.15 bits per heavy atom. The van der Waals surface area contributed by atoms with Gasteiger partial charge < -0.3 is 9.80 Å². The number of carbonyl (C=O) groups excluding carboxylic acids is 1. The molecule has 0 saturated carbocycles. The van der Waals surface area contributed by atoms with E-state index in [0.717, 1.165) is 31.7 Å². The number of nitrogens with one attached hydrogen (secondary N) is 1. The van der Waals surface area contributed by atoms with Gasteiger partial charge in [0, 0.05) is 17.1 Å². The SMILES string of the molecule is C[NH+]1CCN(C(=O)c2ccc(C3SCCS3)cc2)CC1. The van der Waals surface area contributed by atoms with Crippen molar-refractivity contribution in [2.45, 2.75) is 4.58 Å². The van der Waals surface area contributed by atoms with Crippen LogP contribution in [0.1, 0.15) is 20.5 Å². The number of thioether (sulfide) groups is 2. The Hall–Kier alpha value is -0.650. The Bertz CT molecular complexity index is 463. The molecule has 0 atom stereocenters. The van der Waals surface area contributed by atoms with Crippen LogP contribution in [-0.2, 0) is 0 Å². The maximum Gasteiger partial charge on any atom is 0.254 e. The smallest absolute Gasteiger partial charge is 0.254 e. The normalized spacial score (nSPS) is 21.4. The number of likely N-dealkylation sites (N-methyl/N-ethyl adjacent to an activating group) is 1. The van der Waals surface area contributed by atoms with E-state index in [2.05, 4.69) is 19.2 Å². The predicted octanol–water partition coefficient (Wildman–Crippen LogP) is 1.14. The fourth-order valence-electron chi connectivity index (χ4n) is 2.61. The zero-order valence-electron chi connectivity index (χ0n) is 11.8. The molecule has 2 fully saturated rings. The van der Waals surface area contributed by atoms with Crippen LogP contribution in [-0.4, -0.2) is 55.5 Å². The summed E-state index contributed by atoms with van der Waals surface area (Å²) in [5.41, 5.74) is 2.18. The van der Waals surface area contributed by atoms with Gasteiger partial charge in [0.25, 0.3) is 5.91 Å². The minimum atomic E-state index is 0.191. The highest BCUT2D eigenvalue weighted by Gasteiger charge is 2.23. The van der Waals surface area contributed by atoms with Crippen LogP contribution in [0.25, 0.3) is 0 Å². The summed E-state index contributed by atoms with van der Waals surface area (Å²) in [5.74, 6) is 2.66. The van der Waals surface area contributed by atoms with Crippen molar-refractivity contribution in [3.8, 4) is 0 Å². The van der Waals surface area contributed by atoms with Crippen molar-refractivity contribution in [3.63, 3.8) is 0 Å². The first-order valence-corrected chi connectivity index (χ1v) is 9.27. The van der Waals surface area contributed by atoms with E-state index >= 15 is 0 Å². The number of rotatable bonds is 2. The highest BCUT2D eigenvalue weighted by atomic mass is 32.2. The number of piperazine rings is 1. The van der Waals surface area contributed by atoms with Gasteiger partial charge in [0.05, 0.1) is 37.8 Å². The topological polar surface area (TPSA) is 24.8 Å². The Morgan fingerprint density at radius 2 is 1.75 bits per heavy atom. The Morgan fingerprint density at radius 3 is 2.35 bits per heavy atom. The zero-order chi connectivity index (χ0) is 13.9. The first kappa shape index (κ1) is 14.3. The molecular weight excluding hydrogens is 288 g/mol. The summed E-state index contributed by atoms with van der Waals surface area (Å²) in [6.07, 6.45) is 0. The molecule has 2 aliphatic heterocycles. The van der Waals surface area contributed by atoms with E-state index in [1.807, 2.05) is 40.6 Å². The van der Waals surface area contributed by atoms with Crippen LogP contribution in [0.3, 0.4) is 0 Å². The molecule has 5 heteroatoms. The van der Waals surface area contributed by atoms with Crippen LogP contribution >= 0.6 is 23.5 Å². The number of benzene rings is 1. The van der Waals surface area contributed by atoms with E-state index in [-0.39, 0.29) is 5.91 Å². The molecule has 2 heterocycles. The highest BCUT2D eigenvalue weighted by molar-refractivity contribution is 8.19. The molecule has 1 aromatic rings.